The van der Waals surface area contributed by atoms with Crippen molar-refractivity contribution >= 4 is 11.6 Å². The van der Waals surface area contributed by atoms with Crippen molar-refractivity contribution in [1.82, 2.24) is 10.3 Å². The molecule has 0 aliphatic heterocycles. The van der Waals surface area contributed by atoms with Gasteiger partial charge in [0.15, 0.2) is 0 Å². The van der Waals surface area contributed by atoms with Gasteiger partial charge in [0.25, 0.3) is 5.91 Å². The van der Waals surface area contributed by atoms with Gasteiger partial charge in [-0.1, -0.05) is 0 Å². The van der Waals surface area contributed by atoms with Gasteiger partial charge in [-0.05, 0) is 25.5 Å². The Hall–Kier alpha value is -1.62. The summed E-state index contributed by atoms with van der Waals surface area (Å²) in [6.07, 6.45) is 2.27. The first-order valence-electron chi connectivity index (χ1n) is 5.37. The molecule has 1 rings (SSSR count). The fraction of sp³-hybridized carbons (Fsp3) is 0.455. The number of anilines is 1. The summed E-state index contributed by atoms with van der Waals surface area (Å²) in [5.74, 6) is -0.173. The predicted molar refractivity (Wildman–Crippen MR) is 62.4 cm³/mol. The van der Waals surface area contributed by atoms with Crippen LogP contribution in [0.25, 0.3) is 0 Å². The first kappa shape index (κ1) is 12.4. The number of hydrogen-bond donors (Lipinski definition) is 3. The Morgan fingerprint density at radius 3 is 3.06 bits per heavy atom. The molecular formula is C11H17N3O2. The number of hydrogen-bond acceptors (Lipinski definition) is 4. The molecule has 5 nitrogen and oxygen atoms in total. The van der Waals surface area contributed by atoms with E-state index in [1.807, 2.05) is 6.92 Å². The number of rotatable bonds is 6. The lowest BCUT2D eigenvalue weighted by Crippen LogP contribution is -2.23. The van der Waals surface area contributed by atoms with Gasteiger partial charge >= 0.3 is 0 Å². The van der Waals surface area contributed by atoms with Crippen molar-refractivity contribution in [3.05, 3.63) is 24.0 Å². The molecule has 0 fully saturated rings. The van der Waals surface area contributed by atoms with Crippen molar-refractivity contribution < 1.29 is 9.90 Å². The molecule has 16 heavy (non-hydrogen) atoms. The Morgan fingerprint density at radius 2 is 2.38 bits per heavy atom. The maximum atomic E-state index is 11.5. The third-order valence-electron chi connectivity index (χ3n) is 1.99. The van der Waals surface area contributed by atoms with E-state index in [4.69, 9.17) is 5.11 Å². The number of nitrogens with one attached hydrogen (secondary N) is 2. The molecule has 88 valence electrons. The van der Waals surface area contributed by atoms with Crippen LogP contribution in [-0.2, 0) is 0 Å². The molecule has 5 heteroatoms. The number of carbonyl (C=O) groups is 1. The summed E-state index contributed by atoms with van der Waals surface area (Å²) in [6, 6.07) is 3.49. The lowest BCUT2D eigenvalue weighted by molar-refractivity contribution is 0.0951. The van der Waals surface area contributed by atoms with Crippen LogP contribution in [0.4, 0.5) is 5.69 Å². The average molecular weight is 223 g/mol. The summed E-state index contributed by atoms with van der Waals surface area (Å²) in [5, 5.41) is 14.4. The van der Waals surface area contributed by atoms with Crippen LogP contribution in [-0.4, -0.2) is 35.7 Å². The van der Waals surface area contributed by atoms with Gasteiger partial charge in [0.05, 0.1) is 0 Å². The van der Waals surface area contributed by atoms with Crippen LogP contribution in [0.3, 0.4) is 0 Å². The van der Waals surface area contributed by atoms with Crippen LogP contribution in [0.1, 0.15) is 23.8 Å². The molecule has 1 heterocycles. The van der Waals surface area contributed by atoms with E-state index in [0.29, 0.717) is 25.2 Å². The van der Waals surface area contributed by atoms with Gasteiger partial charge in [-0.3, -0.25) is 9.78 Å². The first-order chi connectivity index (χ1) is 7.77. The predicted octanol–water partition coefficient (Wildman–Crippen LogP) is 0.626. The highest BCUT2D eigenvalue weighted by molar-refractivity contribution is 5.93. The standard InChI is InChI=1S/C11H17N3O2/c1-2-12-11(16)10-8-9(4-6-14-10)13-5-3-7-15/h4,6,8,15H,2-3,5,7H2,1H3,(H,12,16)(H,13,14). The Kier molecular flexibility index (Phi) is 5.28. The van der Waals surface area contributed by atoms with Gasteiger partial charge in [-0.2, -0.15) is 0 Å². The van der Waals surface area contributed by atoms with Crippen LogP contribution in [0.15, 0.2) is 18.3 Å². The maximum absolute atomic E-state index is 11.5. The van der Waals surface area contributed by atoms with Gasteiger partial charge in [-0.25, -0.2) is 0 Å². The minimum atomic E-state index is -0.173. The number of nitrogens with zero attached hydrogens (tertiary/aromatic N) is 1. The minimum Gasteiger partial charge on any atom is -0.396 e. The molecule has 0 radical (unpaired) electrons. The van der Waals surface area contributed by atoms with E-state index < -0.39 is 0 Å². The Bertz CT molecular complexity index is 342. The molecule has 0 aromatic carbocycles. The molecule has 0 saturated heterocycles. The summed E-state index contributed by atoms with van der Waals surface area (Å²) in [6.45, 7) is 3.28. The largest absolute Gasteiger partial charge is 0.396 e. The number of amides is 1. The summed E-state index contributed by atoms with van der Waals surface area (Å²) in [5.41, 5.74) is 1.24. The van der Waals surface area contributed by atoms with Gasteiger partial charge in [0, 0.05) is 31.6 Å². The van der Waals surface area contributed by atoms with E-state index in [1.165, 1.54) is 0 Å². The van der Waals surface area contributed by atoms with Crippen molar-refractivity contribution in [2.45, 2.75) is 13.3 Å². The van der Waals surface area contributed by atoms with Crippen molar-refractivity contribution in [2.24, 2.45) is 0 Å². The molecular weight excluding hydrogens is 206 g/mol. The van der Waals surface area contributed by atoms with Crippen LogP contribution in [0.2, 0.25) is 0 Å². The van der Waals surface area contributed by atoms with Crippen molar-refractivity contribution in [3.8, 4) is 0 Å². The lowest BCUT2D eigenvalue weighted by atomic mass is 10.3. The smallest absolute Gasteiger partial charge is 0.269 e. The molecule has 1 amide bonds. The molecule has 1 aromatic heterocycles. The van der Waals surface area contributed by atoms with Gasteiger partial charge < -0.3 is 15.7 Å². The van der Waals surface area contributed by atoms with E-state index in [0.717, 1.165) is 5.69 Å². The summed E-state index contributed by atoms with van der Waals surface area (Å²) in [4.78, 5) is 15.5. The van der Waals surface area contributed by atoms with Crippen LogP contribution >= 0.6 is 0 Å². The molecule has 0 unspecified atom stereocenters. The average Bonchev–Trinajstić information content (AvgIpc) is 2.30. The quantitative estimate of drug-likeness (QED) is 0.618. The minimum absolute atomic E-state index is 0.154. The van der Waals surface area contributed by atoms with E-state index in [1.54, 1.807) is 18.3 Å². The molecule has 0 atom stereocenters. The lowest BCUT2D eigenvalue weighted by Gasteiger charge is -2.06. The number of aromatic nitrogens is 1. The van der Waals surface area contributed by atoms with Crippen LogP contribution < -0.4 is 10.6 Å². The second kappa shape index (κ2) is 6.79. The SMILES string of the molecule is CCNC(=O)c1cc(NCCCO)ccn1. The van der Waals surface area contributed by atoms with Gasteiger partial charge in [-0.15, -0.1) is 0 Å². The highest BCUT2D eigenvalue weighted by Crippen LogP contribution is 2.07. The van der Waals surface area contributed by atoms with Crippen molar-refractivity contribution in [3.63, 3.8) is 0 Å². The second-order valence-electron chi connectivity index (χ2n) is 3.29. The Balaban J connectivity index is 2.60. The first-order valence-corrected chi connectivity index (χ1v) is 5.37. The third-order valence-corrected chi connectivity index (χ3v) is 1.99. The fourth-order valence-corrected chi connectivity index (χ4v) is 1.23. The summed E-state index contributed by atoms with van der Waals surface area (Å²) in [7, 11) is 0. The molecule has 3 N–H and O–H groups in total. The second-order valence-corrected chi connectivity index (χ2v) is 3.29. The molecule has 0 saturated carbocycles. The Morgan fingerprint density at radius 1 is 1.56 bits per heavy atom. The van der Waals surface area contributed by atoms with E-state index >= 15 is 0 Å². The fourth-order valence-electron chi connectivity index (χ4n) is 1.23. The summed E-state index contributed by atoms with van der Waals surface area (Å²) >= 11 is 0. The zero-order chi connectivity index (χ0) is 11.8. The van der Waals surface area contributed by atoms with Crippen molar-refractivity contribution in [2.75, 3.05) is 25.0 Å². The van der Waals surface area contributed by atoms with E-state index in [-0.39, 0.29) is 12.5 Å². The number of aliphatic hydroxyl groups is 1. The third kappa shape index (κ3) is 3.86. The van der Waals surface area contributed by atoms with Gasteiger partial charge in [0.2, 0.25) is 0 Å². The van der Waals surface area contributed by atoms with Gasteiger partial charge in [0.1, 0.15) is 5.69 Å². The normalized spacial score (nSPS) is 9.88. The van der Waals surface area contributed by atoms with Crippen LogP contribution in [0.5, 0.6) is 0 Å². The Labute approximate surface area is 94.9 Å². The molecule has 0 spiro atoms. The molecule has 0 aliphatic carbocycles. The summed E-state index contributed by atoms with van der Waals surface area (Å²) < 4.78 is 0. The molecule has 1 aromatic rings. The maximum Gasteiger partial charge on any atom is 0.269 e. The van der Waals surface area contributed by atoms with Crippen molar-refractivity contribution in [1.29, 1.82) is 0 Å². The van der Waals surface area contributed by atoms with E-state index in [2.05, 4.69) is 15.6 Å². The molecule has 0 aliphatic rings. The molecule has 0 bridgehead atoms. The number of pyridine rings is 1. The monoisotopic (exact) mass is 223 g/mol. The highest BCUT2D eigenvalue weighted by atomic mass is 16.3. The zero-order valence-electron chi connectivity index (χ0n) is 9.36. The number of aliphatic hydroxyl groups excluding tert-OH is 1. The topological polar surface area (TPSA) is 74.2 Å². The van der Waals surface area contributed by atoms with E-state index in [9.17, 15) is 4.79 Å². The zero-order valence-corrected chi connectivity index (χ0v) is 9.36. The highest BCUT2D eigenvalue weighted by Gasteiger charge is 2.05. The van der Waals surface area contributed by atoms with Crippen LogP contribution in [0, 0.1) is 0 Å². The number of carbonyl (C=O) groups excluding carboxylic acids is 1.